The Balaban J connectivity index is 1.85. The Kier molecular flexibility index (Phi) is 6.17. The molecule has 0 unspecified atom stereocenters. The van der Waals surface area contributed by atoms with Gasteiger partial charge in [-0.3, -0.25) is 4.99 Å². The minimum atomic E-state index is -0.326. The number of esters is 1. The quantitative estimate of drug-likeness (QED) is 0.502. The van der Waals surface area contributed by atoms with E-state index in [0.29, 0.717) is 12.1 Å². The summed E-state index contributed by atoms with van der Waals surface area (Å²) in [4.78, 5) is 16.9. The van der Waals surface area contributed by atoms with Crippen molar-refractivity contribution in [1.29, 1.82) is 0 Å². The van der Waals surface area contributed by atoms with E-state index in [2.05, 4.69) is 38.7 Å². The highest BCUT2D eigenvalue weighted by molar-refractivity contribution is 7.10. The number of benzene rings is 1. The summed E-state index contributed by atoms with van der Waals surface area (Å²) in [6, 6.07) is 9.43. The zero-order valence-corrected chi connectivity index (χ0v) is 14.4. The van der Waals surface area contributed by atoms with Gasteiger partial charge in [-0.2, -0.15) is 0 Å². The first-order valence-corrected chi connectivity index (χ1v) is 8.16. The third-order valence-electron chi connectivity index (χ3n) is 3.44. The molecular weight excluding hydrogens is 310 g/mol. The van der Waals surface area contributed by atoms with Crippen LogP contribution in [0.2, 0.25) is 0 Å². The van der Waals surface area contributed by atoms with Crippen LogP contribution >= 0.6 is 11.3 Å². The van der Waals surface area contributed by atoms with Crippen LogP contribution in [0.1, 0.15) is 26.4 Å². The van der Waals surface area contributed by atoms with Crippen molar-refractivity contribution < 1.29 is 9.53 Å². The van der Waals surface area contributed by atoms with Crippen LogP contribution in [-0.2, 0) is 17.8 Å². The molecule has 1 aromatic carbocycles. The zero-order chi connectivity index (χ0) is 16.7. The second-order valence-corrected chi connectivity index (χ2v) is 6.00. The predicted octanol–water partition coefficient (Wildman–Crippen LogP) is 2.71. The molecule has 0 saturated heterocycles. The van der Waals surface area contributed by atoms with Gasteiger partial charge in [0.2, 0.25) is 0 Å². The van der Waals surface area contributed by atoms with Crippen molar-refractivity contribution in [2.45, 2.75) is 20.0 Å². The molecule has 122 valence electrons. The molecule has 0 spiro atoms. The summed E-state index contributed by atoms with van der Waals surface area (Å²) in [6.07, 6.45) is 0. The summed E-state index contributed by atoms with van der Waals surface area (Å²) in [5.41, 5.74) is 2.90. The molecule has 0 aliphatic carbocycles. The number of rotatable bonds is 5. The highest BCUT2D eigenvalue weighted by atomic mass is 32.1. The van der Waals surface area contributed by atoms with Gasteiger partial charge >= 0.3 is 5.97 Å². The van der Waals surface area contributed by atoms with Crippen LogP contribution in [0, 0.1) is 6.92 Å². The number of carbonyl (C=O) groups excluding carboxylic acids is 1. The summed E-state index contributed by atoms with van der Waals surface area (Å²) in [5.74, 6) is 0.420. The van der Waals surface area contributed by atoms with Gasteiger partial charge in [-0.1, -0.05) is 12.1 Å². The van der Waals surface area contributed by atoms with Gasteiger partial charge in [0.1, 0.15) is 0 Å². The van der Waals surface area contributed by atoms with Crippen LogP contribution < -0.4 is 10.6 Å². The molecule has 6 heteroatoms. The summed E-state index contributed by atoms with van der Waals surface area (Å²) >= 11 is 1.73. The van der Waals surface area contributed by atoms with Crippen molar-refractivity contribution in [3.8, 4) is 0 Å². The first kappa shape index (κ1) is 17.0. The molecule has 5 nitrogen and oxygen atoms in total. The molecule has 0 amide bonds. The van der Waals surface area contributed by atoms with E-state index in [1.54, 1.807) is 30.5 Å². The highest BCUT2D eigenvalue weighted by Gasteiger charge is 2.05. The number of carbonyl (C=O) groups is 1. The standard InChI is InChI=1S/C17H21N3O2S/c1-12-8-9-23-15(12)11-20-17(18-2)19-10-13-4-6-14(7-5-13)16(21)22-3/h4-9H,10-11H2,1-3H3,(H2,18,19,20). The number of guanidine groups is 1. The summed E-state index contributed by atoms with van der Waals surface area (Å²) in [7, 11) is 3.12. The Hall–Kier alpha value is -2.34. The Morgan fingerprint density at radius 3 is 2.43 bits per heavy atom. The molecule has 0 saturated carbocycles. The van der Waals surface area contributed by atoms with Crippen molar-refractivity contribution in [2.24, 2.45) is 4.99 Å². The Bertz CT molecular complexity index is 677. The molecular formula is C17H21N3O2S. The molecule has 2 N–H and O–H groups in total. The molecule has 0 aliphatic rings. The molecule has 2 aromatic rings. The topological polar surface area (TPSA) is 62.7 Å². The van der Waals surface area contributed by atoms with Gasteiger partial charge in [0.15, 0.2) is 5.96 Å². The molecule has 0 bridgehead atoms. The first-order chi connectivity index (χ1) is 11.1. The van der Waals surface area contributed by atoms with E-state index in [0.717, 1.165) is 18.1 Å². The maximum absolute atomic E-state index is 11.4. The van der Waals surface area contributed by atoms with Gasteiger partial charge in [-0.15, -0.1) is 11.3 Å². The summed E-state index contributed by atoms with van der Waals surface area (Å²) in [6.45, 7) is 3.49. The zero-order valence-electron chi connectivity index (χ0n) is 13.6. The van der Waals surface area contributed by atoms with E-state index < -0.39 is 0 Å². The van der Waals surface area contributed by atoms with Crippen LogP contribution in [0.3, 0.4) is 0 Å². The molecule has 1 heterocycles. The number of hydrogen-bond acceptors (Lipinski definition) is 4. The third kappa shape index (κ3) is 4.82. The monoisotopic (exact) mass is 331 g/mol. The number of nitrogens with zero attached hydrogens (tertiary/aromatic N) is 1. The lowest BCUT2D eigenvalue weighted by molar-refractivity contribution is 0.0600. The molecule has 0 fully saturated rings. The Morgan fingerprint density at radius 2 is 1.87 bits per heavy atom. The largest absolute Gasteiger partial charge is 0.465 e. The van der Waals surface area contributed by atoms with E-state index in [4.69, 9.17) is 0 Å². The fraction of sp³-hybridized carbons (Fsp3) is 0.294. The van der Waals surface area contributed by atoms with Crippen LogP contribution in [0.4, 0.5) is 0 Å². The number of thiophene rings is 1. The van der Waals surface area contributed by atoms with E-state index >= 15 is 0 Å². The number of nitrogens with one attached hydrogen (secondary N) is 2. The Morgan fingerprint density at radius 1 is 1.17 bits per heavy atom. The van der Waals surface area contributed by atoms with Crippen molar-refractivity contribution in [3.63, 3.8) is 0 Å². The first-order valence-electron chi connectivity index (χ1n) is 7.28. The van der Waals surface area contributed by atoms with E-state index in [1.807, 2.05) is 12.1 Å². The maximum atomic E-state index is 11.4. The number of hydrogen-bond donors (Lipinski definition) is 2. The van der Waals surface area contributed by atoms with E-state index in [1.165, 1.54) is 17.6 Å². The maximum Gasteiger partial charge on any atom is 0.337 e. The van der Waals surface area contributed by atoms with Gasteiger partial charge in [-0.25, -0.2) is 4.79 Å². The normalized spacial score (nSPS) is 11.2. The minimum absolute atomic E-state index is 0.326. The van der Waals surface area contributed by atoms with Gasteiger partial charge in [-0.05, 0) is 41.6 Å². The lowest BCUT2D eigenvalue weighted by Gasteiger charge is -2.12. The molecule has 1 aromatic heterocycles. The average Bonchev–Trinajstić information content (AvgIpc) is 3.00. The molecule has 0 atom stereocenters. The SMILES string of the molecule is CN=C(NCc1ccc(C(=O)OC)cc1)NCc1sccc1C. The number of aliphatic imine (C=N–C) groups is 1. The lowest BCUT2D eigenvalue weighted by atomic mass is 10.1. The number of ether oxygens (including phenoxy) is 1. The summed E-state index contributed by atoms with van der Waals surface area (Å²) in [5, 5.41) is 8.64. The summed E-state index contributed by atoms with van der Waals surface area (Å²) < 4.78 is 4.69. The lowest BCUT2D eigenvalue weighted by Crippen LogP contribution is -2.36. The smallest absolute Gasteiger partial charge is 0.337 e. The third-order valence-corrected chi connectivity index (χ3v) is 4.47. The van der Waals surface area contributed by atoms with Crippen molar-refractivity contribution >= 4 is 23.3 Å². The van der Waals surface area contributed by atoms with Crippen LogP contribution in [0.5, 0.6) is 0 Å². The molecule has 2 rings (SSSR count). The predicted molar refractivity (Wildman–Crippen MR) is 93.9 cm³/mol. The van der Waals surface area contributed by atoms with Crippen molar-refractivity contribution in [3.05, 3.63) is 57.3 Å². The van der Waals surface area contributed by atoms with E-state index in [9.17, 15) is 4.79 Å². The molecule has 0 radical (unpaired) electrons. The van der Waals surface area contributed by atoms with Crippen LogP contribution in [0.25, 0.3) is 0 Å². The van der Waals surface area contributed by atoms with Gasteiger partial charge in [0, 0.05) is 18.5 Å². The number of aryl methyl sites for hydroxylation is 1. The highest BCUT2D eigenvalue weighted by Crippen LogP contribution is 2.14. The van der Waals surface area contributed by atoms with Crippen molar-refractivity contribution in [1.82, 2.24) is 10.6 Å². The molecule has 23 heavy (non-hydrogen) atoms. The average molecular weight is 331 g/mol. The van der Waals surface area contributed by atoms with Gasteiger partial charge in [0.05, 0.1) is 19.2 Å². The van der Waals surface area contributed by atoms with Gasteiger partial charge in [0.25, 0.3) is 0 Å². The minimum Gasteiger partial charge on any atom is -0.465 e. The van der Waals surface area contributed by atoms with Crippen LogP contribution in [-0.4, -0.2) is 26.1 Å². The second-order valence-electron chi connectivity index (χ2n) is 4.99. The fourth-order valence-corrected chi connectivity index (χ4v) is 2.88. The Labute approximate surface area is 140 Å². The second kappa shape index (κ2) is 8.33. The van der Waals surface area contributed by atoms with E-state index in [-0.39, 0.29) is 5.97 Å². The fourth-order valence-electron chi connectivity index (χ4n) is 2.03. The number of methoxy groups -OCH3 is 1. The van der Waals surface area contributed by atoms with Crippen molar-refractivity contribution in [2.75, 3.05) is 14.2 Å². The van der Waals surface area contributed by atoms with Crippen LogP contribution in [0.15, 0.2) is 40.7 Å². The van der Waals surface area contributed by atoms with Gasteiger partial charge < -0.3 is 15.4 Å². The molecule has 0 aliphatic heterocycles.